The van der Waals surface area contributed by atoms with Crippen molar-refractivity contribution in [2.45, 2.75) is 25.9 Å². The summed E-state index contributed by atoms with van der Waals surface area (Å²) in [7, 11) is 0. The van der Waals surface area contributed by atoms with Gasteiger partial charge >= 0.3 is 0 Å². The molecule has 0 bridgehead atoms. The van der Waals surface area contributed by atoms with E-state index in [9.17, 15) is 9.90 Å². The van der Waals surface area contributed by atoms with E-state index in [0.29, 0.717) is 11.8 Å². The van der Waals surface area contributed by atoms with Crippen LogP contribution in [0.2, 0.25) is 0 Å². The van der Waals surface area contributed by atoms with Gasteiger partial charge in [-0.05, 0) is 18.8 Å². The molecule has 4 atom stereocenters. The highest BCUT2D eigenvalue weighted by atomic mass is 16.3. The molecule has 0 aromatic heterocycles. The Morgan fingerprint density at radius 3 is 2.75 bits per heavy atom. The first-order chi connectivity index (χ1) is 9.65. The fraction of sp³-hybridized carbons (Fsp3) is 0.588. The Morgan fingerprint density at radius 1 is 1.30 bits per heavy atom. The lowest BCUT2D eigenvalue weighted by atomic mass is 9.99. The standard InChI is InChI=1S/C17H23NO2/c1-12(17(20)13-5-3-2-4-6-13)9-18-10-14-7-8-16(19)15(14)11-18/h2-6,12,14-16,19H,7-11H2,1H3. The largest absolute Gasteiger partial charge is 0.393 e. The summed E-state index contributed by atoms with van der Waals surface area (Å²) in [4.78, 5) is 14.7. The summed E-state index contributed by atoms with van der Waals surface area (Å²) in [6, 6.07) is 9.54. The first-order valence-corrected chi connectivity index (χ1v) is 7.65. The summed E-state index contributed by atoms with van der Waals surface area (Å²) in [5.74, 6) is 1.33. The Labute approximate surface area is 120 Å². The number of carbonyl (C=O) groups excluding carboxylic acids is 1. The summed E-state index contributed by atoms with van der Waals surface area (Å²) in [6.07, 6.45) is 1.98. The lowest BCUT2D eigenvalue weighted by Gasteiger charge is -2.21. The zero-order valence-electron chi connectivity index (χ0n) is 12.0. The van der Waals surface area contributed by atoms with Crippen LogP contribution in [-0.4, -0.2) is 41.5 Å². The monoisotopic (exact) mass is 273 g/mol. The Balaban J connectivity index is 1.58. The molecule has 3 heteroatoms. The summed E-state index contributed by atoms with van der Waals surface area (Å²) in [6.45, 7) is 4.83. The molecular formula is C17H23NO2. The predicted octanol–water partition coefficient (Wildman–Crippen LogP) is 2.21. The van der Waals surface area contributed by atoms with E-state index in [2.05, 4.69) is 4.90 Å². The van der Waals surface area contributed by atoms with Gasteiger partial charge in [0.25, 0.3) is 0 Å². The van der Waals surface area contributed by atoms with Crippen LogP contribution in [0.5, 0.6) is 0 Å². The normalized spacial score (nSPS) is 31.2. The van der Waals surface area contributed by atoms with Crippen molar-refractivity contribution >= 4 is 5.78 Å². The Hall–Kier alpha value is -1.19. The number of hydrogen-bond acceptors (Lipinski definition) is 3. The third-order valence-corrected chi connectivity index (χ3v) is 4.93. The first-order valence-electron chi connectivity index (χ1n) is 7.65. The fourth-order valence-electron chi connectivity index (χ4n) is 3.84. The number of nitrogens with zero attached hydrogens (tertiary/aromatic N) is 1. The number of likely N-dealkylation sites (tertiary alicyclic amines) is 1. The second-order valence-electron chi connectivity index (χ2n) is 6.42. The van der Waals surface area contributed by atoms with Gasteiger partial charge in [-0.25, -0.2) is 0 Å². The third kappa shape index (κ3) is 2.65. The number of benzene rings is 1. The topological polar surface area (TPSA) is 40.5 Å². The molecule has 1 aliphatic heterocycles. The van der Waals surface area contributed by atoms with Crippen molar-refractivity contribution in [2.75, 3.05) is 19.6 Å². The smallest absolute Gasteiger partial charge is 0.166 e. The summed E-state index contributed by atoms with van der Waals surface area (Å²) in [5, 5.41) is 9.94. The van der Waals surface area contributed by atoms with Gasteiger partial charge in [-0.2, -0.15) is 0 Å². The van der Waals surface area contributed by atoms with E-state index in [1.165, 1.54) is 0 Å². The molecule has 1 aliphatic carbocycles. The molecule has 0 spiro atoms. The molecule has 1 heterocycles. The van der Waals surface area contributed by atoms with E-state index in [1.54, 1.807) is 0 Å². The number of carbonyl (C=O) groups is 1. The van der Waals surface area contributed by atoms with Crippen molar-refractivity contribution in [3.05, 3.63) is 35.9 Å². The Bertz CT molecular complexity index is 473. The highest BCUT2D eigenvalue weighted by Crippen LogP contribution is 2.38. The number of rotatable bonds is 4. The summed E-state index contributed by atoms with van der Waals surface area (Å²) in [5.41, 5.74) is 0.805. The molecule has 1 N–H and O–H groups in total. The van der Waals surface area contributed by atoms with E-state index in [-0.39, 0.29) is 17.8 Å². The molecule has 1 aromatic rings. The number of aliphatic hydroxyl groups is 1. The molecule has 108 valence electrons. The molecule has 2 aliphatic rings. The number of hydrogen-bond donors (Lipinski definition) is 1. The summed E-state index contributed by atoms with van der Waals surface area (Å²) < 4.78 is 0. The van der Waals surface area contributed by atoms with Crippen molar-refractivity contribution < 1.29 is 9.90 Å². The number of Topliss-reactive ketones (excluding diaryl/α,β-unsaturated/α-hetero) is 1. The van der Waals surface area contributed by atoms with Crippen molar-refractivity contribution in [3.63, 3.8) is 0 Å². The van der Waals surface area contributed by atoms with E-state index in [1.807, 2.05) is 37.3 Å². The number of aliphatic hydroxyl groups excluding tert-OH is 1. The van der Waals surface area contributed by atoms with Gasteiger partial charge in [0.15, 0.2) is 5.78 Å². The SMILES string of the molecule is CC(CN1CC2CCC(O)C2C1)C(=O)c1ccccc1. The second kappa shape index (κ2) is 5.66. The number of ketones is 1. The minimum Gasteiger partial charge on any atom is -0.393 e. The molecule has 2 fully saturated rings. The van der Waals surface area contributed by atoms with Crippen molar-refractivity contribution in [1.82, 2.24) is 4.90 Å². The minimum atomic E-state index is -0.120. The zero-order valence-corrected chi connectivity index (χ0v) is 12.0. The maximum absolute atomic E-state index is 12.4. The quantitative estimate of drug-likeness (QED) is 0.855. The summed E-state index contributed by atoms with van der Waals surface area (Å²) >= 11 is 0. The van der Waals surface area contributed by atoms with Gasteiger partial charge in [-0.3, -0.25) is 4.79 Å². The highest BCUT2D eigenvalue weighted by Gasteiger charge is 2.42. The van der Waals surface area contributed by atoms with Crippen molar-refractivity contribution in [3.8, 4) is 0 Å². The van der Waals surface area contributed by atoms with Crippen LogP contribution in [0.1, 0.15) is 30.1 Å². The van der Waals surface area contributed by atoms with Crippen LogP contribution < -0.4 is 0 Å². The second-order valence-corrected chi connectivity index (χ2v) is 6.42. The van der Waals surface area contributed by atoms with Crippen LogP contribution in [0.3, 0.4) is 0 Å². The van der Waals surface area contributed by atoms with Crippen LogP contribution in [0.25, 0.3) is 0 Å². The molecule has 1 aromatic carbocycles. The van der Waals surface area contributed by atoms with Gasteiger partial charge in [0.2, 0.25) is 0 Å². The van der Waals surface area contributed by atoms with Gasteiger partial charge < -0.3 is 10.0 Å². The lowest BCUT2D eigenvalue weighted by Crippen LogP contribution is -2.32. The first kappa shape index (κ1) is 13.8. The third-order valence-electron chi connectivity index (χ3n) is 4.93. The van der Waals surface area contributed by atoms with Gasteiger partial charge in [-0.1, -0.05) is 37.3 Å². The Morgan fingerprint density at radius 2 is 2.05 bits per heavy atom. The van der Waals surface area contributed by atoms with Gasteiger partial charge in [-0.15, -0.1) is 0 Å². The lowest BCUT2D eigenvalue weighted by molar-refractivity contribution is 0.0890. The fourth-order valence-corrected chi connectivity index (χ4v) is 3.84. The average Bonchev–Trinajstić information content (AvgIpc) is 3.01. The molecule has 4 unspecified atom stereocenters. The zero-order chi connectivity index (χ0) is 14.1. The maximum atomic E-state index is 12.4. The van der Waals surface area contributed by atoms with Crippen LogP contribution in [0, 0.1) is 17.8 Å². The van der Waals surface area contributed by atoms with Crippen LogP contribution in [-0.2, 0) is 0 Å². The predicted molar refractivity (Wildman–Crippen MR) is 78.6 cm³/mol. The molecule has 0 amide bonds. The molecule has 3 nitrogen and oxygen atoms in total. The van der Waals surface area contributed by atoms with Crippen LogP contribution >= 0.6 is 0 Å². The number of fused-ring (bicyclic) bond motifs is 1. The highest BCUT2D eigenvalue weighted by molar-refractivity contribution is 5.97. The molecule has 0 radical (unpaired) electrons. The van der Waals surface area contributed by atoms with E-state index >= 15 is 0 Å². The van der Waals surface area contributed by atoms with Gasteiger partial charge in [0.05, 0.1) is 6.10 Å². The van der Waals surface area contributed by atoms with Gasteiger partial charge in [0.1, 0.15) is 0 Å². The van der Waals surface area contributed by atoms with Crippen LogP contribution in [0.4, 0.5) is 0 Å². The van der Waals surface area contributed by atoms with Crippen LogP contribution in [0.15, 0.2) is 30.3 Å². The minimum absolute atomic E-state index is 0.0216. The molecular weight excluding hydrogens is 250 g/mol. The Kier molecular flexibility index (Phi) is 3.90. The van der Waals surface area contributed by atoms with E-state index in [0.717, 1.165) is 38.0 Å². The molecule has 1 saturated heterocycles. The molecule has 3 rings (SSSR count). The molecule has 1 saturated carbocycles. The maximum Gasteiger partial charge on any atom is 0.166 e. The van der Waals surface area contributed by atoms with E-state index in [4.69, 9.17) is 0 Å². The van der Waals surface area contributed by atoms with E-state index < -0.39 is 0 Å². The average molecular weight is 273 g/mol. The molecule has 20 heavy (non-hydrogen) atoms. The van der Waals surface area contributed by atoms with Gasteiger partial charge in [0, 0.05) is 37.0 Å². The van der Waals surface area contributed by atoms with Crippen molar-refractivity contribution in [1.29, 1.82) is 0 Å². The van der Waals surface area contributed by atoms with Crippen molar-refractivity contribution in [2.24, 2.45) is 17.8 Å².